The number of benzene rings is 1. The van der Waals surface area contributed by atoms with E-state index >= 15 is 0 Å². The number of aromatic nitrogens is 2. The molecule has 2 nitrogen and oxygen atoms in total. The van der Waals surface area contributed by atoms with Gasteiger partial charge >= 0.3 is 0 Å². The summed E-state index contributed by atoms with van der Waals surface area (Å²) in [6, 6.07) is 8.08. The van der Waals surface area contributed by atoms with Gasteiger partial charge in [-0.2, -0.15) is 5.10 Å². The molecule has 1 aromatic carbocycles. The van der Waals surface area contributed by atoms with E-state index in [0.29, 0.717) is 0 Å². The van der Waals surface area contributed by atoms with Gasteiger partial charge in [0.1, 0.15) is 0 Å². The van der Waals surface area contributed by atoms with Crippen molar-refractivity contribution in [2.24, 2.45) is 0 Å². The van der Waals surface area contributed by atoms with Crippen molar-refractivity contribution < 1.29 is 0 Å². The van der Waals surface area contributed by atoms with Crippen molar-refractivity contribution in [3.8, 4) is 5.69 Å². The lowest BCUT2D eigenvalue weighted by Gasteiger charge is -2.19. The highest BCUT2D eigenvalue weighted by molar-refractivity contribution is 6.67. The fourth-order valence-corrected chi connectivity index (χ4v) is 2.50. The van der Waals surface area contributed by atoms with Crippen molar-refractivity contribution in [1.82, 2.24) is 9.78 Å². The lowest BCUT2D eigenvalue weighted by molar-refractivity contribution is 0.554. The molecule has 1 aromatic heterocycles. The molecule has 2 rings (SSSR count). The highest BCUT2D eigenvalue weighted by atomic mass is 35.6. The van der Waals surface area contributed by atoms with Gasteiger partial charge in [-0.3, -0.25) is 0 Å². The fraction of sp³-hybridized carbons (Fsp3) is 0.438. The van der Waals surface area contributed by atoms with Gasteiger partial charge in [-0.1, -0.05) is 73.3 Å². The summed E-state index contributed by atoms with van der Waals surface area (Å²) in [4.78, 5) is 0. The first-order valence-corrected chi connectivity index (χ1v) is 7.85. The van der Waals surface area contributed by atoms with Gasteiger partial charge in [0, 0.05) is 17.4 Å². The first-order chi connectivity index (χ1) is 9.56. The summed E-state index contributed by atoms with van der Waals surface area (Å²) >= 11 is 17.8. The molecule has 113 valence electrons. The van der Waals surface area contributed by atoms with Gasteiger partial charge in [-0.15, -0.1) is 0 Å². The monoisotopic (exact) mass is 343 g/mol. The Balaban J connectivity index is 2.47. The Morgan fingerprint density at radius 3 is 2.14 bits per heavy atom. The predicted octanol–water partition coefficient (Wildman–Crippen LogP) is 5.19. The highest BCUT2D eigenvalue weighted by Crippen LogP contribution is 2.34. The third-order valence-corrected chi connectivity index (χ3v) is 3.49. The summed E-state index contributed by atoms with van der Waals surface area (Å²) in [5.41, 5.74) is 3.74. The number of alkyl halides is 3. The van der Waals surface area contributed by atoms with E-state index in [1.54, 1.807) is 4.68 Å². The highest BCUT2D eigenvalue weighted by Gasteiger charge is 2.29. The Kier molecular flexibility index (Phi) is 4.63. The van der Waals surface area contributed by atoms with E-state index in [-0.39, 0.29) is 11.8 Å². The van der Waals surface area contributed by atoms with Crippen LogP contribution in [0.5, 0.6) is 0 Å². The van der Waals surface area contributed by atoms with Gasteiger partial charge in [0.05, 0.1) is 17.6 Å². The summed E-state index contributed by atoms with van der Waals surface area (Å²) in [6.45, 7) is 8.31. The molecule has 0 saturated heterocycles. The van der Waals surface area contributed by atoms with Gasteiger partial charge in [0.25, 0.3) is 0 Å². The second kappa shape index (κ2) is 5.83. The normalized spacial score (nSPS) is 12.7. The SMILES string of the molecule is Cc1ccc(-n2[c]c(CC(Cl)(Cl)Cl)c(C(C)(C)C)n2)cc1. The van der Waals surface area contributed by atoms with Crippen LogP contribution in [0, 0.1) is 13.1 Å². The largest absolute Gasteiger partial charge is 0.231 e. The lowest BCUT2D eigenvalue weighted by atomic mass is 9.89. The smallest absolute Gasteiger partial charge is 0.194 e. The van der Waals surface area contributed by atoms with Crippen LogP contribution < -0.4 is 0 Å². The number of aryl methyl sites for hydroxylation is 1. The van der Waals surface area contributed by atoms with E-state index in [2.05, 4.69) is 32.1 Å². The van der Waals surface area contributed by atoms with Crippen molar-refractivity contribution >= 4 is 34.8 Å². The van der Waals surface area contributed by atoms with Gasteiger partial charge in [-0.05, 0) is 19.1 Å². The van der Waals surface area contributed by atoms with E-state index in [0.717, 1.165) is 16.9 Å². The molecule has 0 bridgehead atoms. The number of hydrogen-bond acceptors (Lipinski definition) is 1. The molecular weight excluding hydrogens is 327 g/mol. The quantitative estimate of drug-likeness (QED) is 0.685. The number of hydrogen-bond donors (Lipinski definition) is 0. The predicted molar refractivity (Wildman–Crippen MR) is 89.8 cm³/mol. The third kappa shape index (κ3) is 4.38. The zero-order valence-electron chi connectivity index (χ0n) is 12.5. The molecule has 0 unspecified atom stereocenters. The second-order valence-corrected chi connectivity index (χ2v) is 8.74. The molecule has 0 aliphatic heterocycles. The van der Waals surface area contributed by atoms with Crippen LogP contribution in [0.2, 0.25) is 0 Å². The first-order valence-electron chi connectivity index (χ1n) is 6.72. The minimum Gasteiger partial charge on any atom is -0.231 e. The minimum absolute atomic E-state index is 0.141. The zero-order chi connectivity index (χ0) is 15.8. The molecule has 2 aromatic rings. The Morgan fingerprint density at radius 2 is 1.67 bits per heavy atom. The molecule has 21 heavy (non-hydrogen) atoms. The molecular formula is C16H18Cl3N2. The van der Waals surface area contributed by atoms with Gasteiger partial charge in [-0.25, -0.2) is 4.68 Å². The summed E-state index contributed by atoms with van der Waals surface area (Å²) in [7, 11) is 0. The lowest BCUT2D eigenvalue weighted by Crippen LogP contribution is -2.17. The molecule has 1 heterocycles. The Morgan fingerprint density at radius 1 is 1.10 bits per heavy atom. The number of rotatable bonds is 2. The first kappa shape index (κ1) is 16.7. The Labute approximate surface area is 141 Å². The number of halogens is 3. The van der Waals surface area contributed by atoms with Crippen molar-refractivity contribution in [1.29, 1.82) is 0 Å². The zero-order valence-corrected chi connectivity index (χ0v) is 14.8. The molecule has 0 aliphatic carbocycles. The fourth-order valence-electron chi connectivity index (χ4n) is 2.10. The van der Waals surface area contributed by atoms with Crippen LogP contribution in [-0.2, 0) is 11.8 Å². The van der Waals surface area contributed by atoms with Crippen molar-refractivity contribution in [2.75, 3.05) is 0 Å². The third-order valence-electron chi connectivity index (χ3n) is 3.09. The van der Waals surface area contributed by atoms with Crippen LogP contribution in [0.25, 0.3) is 5.69 Å². The van der Waals surface area contributed by atoms with E-state index in [9.17, 15) is 0 Å². The molecule has 0 aliphatic rings. The summed E-state index contributed by atoms with van der Waals surface area (Å²) in [5, 5.41) is 4.65. The van der Waals surface area contributed by atoms with Crippen LogP contribution in [0.15, 0.2) is 24.3 Å². The second-order valence-electron chi connectivity index (χ2n) is 6.23. The van der Waals surface area contributed by atoms with Crippen LogP contribution in [0.4, 0.5) is 0 Å². The van der Waals surface area contributed by atoms with Gasteiger partial charge in [0.15, 0.2) is 3.79 Å². The maximum atomic E-state index is 5.94. The number of nitrogens with zero attached hydrogens (tertiary/aromatic N) is 2. The van der Waals surface area contributed by atoms with E-state index < -0.39 is 3.79 Å². The topological polar surface area (TPSA) is 17.8 Å². The standard InChI is InChI=1S/C16H18Cl3N2/c1-11-5-7-13(8-6-11)21-10-12(9-16(17,18)19)14(20-21)15(2,3)4/h5-8H,9H2,1-4H3. The minimum atomic E-state index is -1.35. The summed E-state index contributed by atoms with van der Waals surface area (Å²) in [6.07, 6.45) is 3.52. The molecule has 0 N–H and O–H groups in total. The maximum absolute atomic E-state index is 5.94. The van der Waals surface area contributed by atoms with Crippen LogP contribution in [0.3, 0.4) is 0 Å². The average molecular weight is 345 g/mol. The van der Waals surface area contributed by atoms with Crippen LogP contribution in [0.1, 0.15) is 37.6 Å². The van der Waals surface area contributed by atoms with E-state index in [4.69, 9.17) is 34.8 Å². The Bertz CT molecular complexity index is 616. The molecule has 0 spiro atoms. The summed E-state index contributed by atoms with van der Waals surface area (Å²) in [5.74, 6) is 0. The van der Waals surface area contributed by atoms with Crippen LogP contribution >= 0.6 is 34.8 Å². The van der Waals surface area contributed by atoms with Crippen molar-refractivity contribution in [3.63, 3.8) is 0 Å². The molecule has 5 heteroatoms. The Hall–Kier alpha value is -0.700. The van der Waals surface area contributed by atoms with Crippen LogP contribution in [-0.4, -0.2) is 13.6 Å². The van der Waals surface area contributed by atoms with Crippen molar-refractivity contribution in [2.45, 2.75) is 43.3 Å². The van der Waals surface area contributed by atoms with Gasteiger partial charge in [0.2, 0.25) is 0 Å². The average Bonchev–Trinajstić information content (AvgIpc) is 2.71. The summed E-state index contributed by atoms with van der Waals surface area (Å²) < 4.78 is 0.378. The van der Waals surface area contributed by atoms with Gasteiger partial charge < -0.3 is 0 Å². The molecule has 0 amide bonds. The molecule has 0 fully saturated rings. The molecule has 1 radical (unpaired) electrons. The molecule has 0 atom stereocenters. The molecule has 0 saturated carbocycles. The van der Waals surface area contributed by atoms with Crippen molar-refractivity contribution in [3.05, 3.63) is 47.3 Å². The van der Waals surface area contributed by atoms with E-state index in [1.807, 2.05) is 31.2 Å². The maximum Gasteiger partial charge on any atom is 0.194 e. The van der Waals surface area contributed by atoms with E-state index in [1.165, 1.54) is 5.56 Å².